The molecular formula is C16H19N7O2. The van der Waals surface area contributed by atoms with Crippen molar-refractivity contribution in [1.29, 1.82) is 0 Å². The molecule has 1 fully saturated rings. The maximum absolute atomic E-state index is 12.1. The summed E-state index contributed by atoms with van der Waals surface area (Å²) in [6, 6.07) is 2.01. The van der Waals surface area contributed by atoms with Crippen LogP contribution in [0.1, 0.15) is 46.7 Å². The summed E-state index contributed by atoms with van der Waals surface area (Å²) >= 11 is 0. The molecule has 9 heteroatoms. The first-order chi connectivity index (χ1) is 12.1. The maximum Gasteiger partial charge on any atom is 0.273 e. The fourth-order valence-electron chi connectivity index (χ4n) is 3.13. The quantitative estimate of drug-likeness (QED) is 0.743. The molecule has 0 saturated heterocycles. The Morgan fingerprint density at radius 3 is 2.92 bits per heavy atom. The third-order valence-corrected chi connectivity index (χ3v) is 4.66. The molecule has 1 amide bonds. The summed E-state index contributed by atoms with van der Waals surface area (Å²) in [5, 5.41) is 15.8. The van der Waals surface area contributed by atoms with E-state index < -0.39 is 0 Å². The highest BCUT2D eigenvalue weighted by molar-refractivity contribution is 5.93. The SMILES string of the molecule is Cc1ocnc1C(=O)NC1CC(c2nnc(Cn3cccn3)n2C)C1. The molecule has 9 nitrogen and oxygen atoms in total. The van der Waals surface area contributed by atoms with E-state index in [-0.39, 0.29) is 11.9 Å². The third-order valence-electron chi connectivity index (χ3n) is 4.66. The molecule has 0 aliphatic heterocycles. The van der Waals surface area contributed by atoms with Gasteiger partial charge < -0.3 is 14.3 Å². The number of aromatic nitrogens is 6. The standard InChI is InChI=1S/C16H19N7O2/c1-10-14(17-9-25-10)16(24)19-12-6-11(7-12)15-21-20-13(22(15)2)8-23-5-3-4-18-23/h3-5,9,11-12H,6-8H2,1-2H3,(H,19,24). The van der Waals surface area contributed by atoms with Crippen LogP contribution in [-0.2, 0) is 13.6 Å². The highest BCUT2D eigenvalue weighted by atomic mass is 16.3. The van der Waals surface area contributed by atoms with E-state index in [1.165, 1.54) is 6.39 Å². The van der Waals surface area contributed by atoms with Crippen LogP contribution < -0.4 is 5.32 Å². The van der Waals surface area contributed by atoms with Crippen LogP contribution >= 0.6 is 0 Å². The number of rotatable bonds is 5. The van der Waals surface area contributed by atoms with Crippen LogP contribution in [0, 0.1) is 6.92 Å². The van der Waals surface area contributed by atoms with Gasteiger partial charge in [0.2, 0.25) is 0 Å². The summed E-state index contributed by atoms with van der Waals surface area (Å²) in [5.41, 5.74) is 0.351. The highest BCUT2D eigenvalue weighted by Crippen LogP contribution is 2.36. The smallest absolute Gasteiger partial charge is 0.273 e. The van der Waals surface area contributed by atoms with Crippen LogP contribution in [0.25, 0.3) is 0 Å². The van der Waals surface area contributed by atoms with Gasteiger partial charge in [-0.3, -0.25) is 9.48 Å². The van der Waals surface area contributed by atoms with Gasteiger partial charge in [0, 0.05) is 31.4 Å². The third kappa shape index (κ3) is 2.92. The predicted octanol–water partition coefficient (Wildman–Crippen LogP) is 1.03. The Hall–Kier alpha value is -2.97. The largest absolute Gasteiger partial charge is 0.448 e. The van der Waals surface area contributed by atoms with Gasteiger partial charge in [-0.15, -0.1) is 10.2 Å². The number of hydrogen-bond acceptors (Lipinski definition) is 6. The van der Waals surface area contributed by atoms with Gasteiger partial charge in [0.25, 0.3) is 5.91 Å². The minimum absolute atomic E-state index is 0.125. The number of nitrogens with zero attached hydrogens (tertiary/aromatic N) is 6. The lowest BCUT2D eigenvalue weighted by molar-refractivity contribution is 0.0901. The molecule has 0 atom stereocenters. The van der Waals surface area contributed by atoms with Crippen molar-refractivity contribution in [2.45, 2.75) is 38.3 Å². The summed E-state index contributed by atoms with van der Waals surface area (Å²) in [7, 11) is 1.97. The average Bonchev–Trinajstić information content (AvgIpc) is 3.27. The molecule has 1 aliphatic carbocycles. The molecule has 1 N–H and O–H groups in total. The molecule has 0 bridgehead atoms. The van der Waals surface area contributed by atoms with Crippen LogP contribution in [0.5, 0.6) is 0 Å². The molecule has 0 spiro atoms. The second-order valence-electron chi connectivity index (χ2n) is 6.33. The average molecular weight is 341 g/mol. The van der Waals surface area contributed by atoms with Crippen LogP contribution in [-0.4, -0.2) is 41.5 Å². The lowest BCUT2D eigenvalue weighted by atomic mass is 9.79. The summed E-state index contributed by atoms with van der Waals surface area (Å²) < 4.78 is 8.91. The number of carbonyl (C=O) groups is 1. The first kappa shape index (κ1) is 15.6. The summed E-state index contributed by atoms with van der Waals surface area (Å²) in [5.74, 6) is 2.46. The van der Waals surface area contributed by atoms with Gasteiger partial charge in [0.05, 0.1) is 0 Å². The van der Waals surface area contributed by atoms with Gasteiger partial charge in [-0.25, -0.2) is 4.98 Å². The second-order valence-corrected chi connectivity index (χ2v) is 6.33. The molecule has 0 unspecified atom stereocenters. The second kappa shape index (κ2) is 6.15. The predicted molar refractivity (Wildman–Crippen MR) is 86.8 cm³/mol. The van der Waals surface area contributed by atoms with E-state index in [1.54, 1.807) is 13.1 Å². The fourth-order valence-corrected chi connectivity index (χ4v) is 3.13. The molecule has 1 saturated carbocycles. The molecule has 0 aromatic carbocycles. The summed E-state index contributed by atoms with van der Waals surface area (Å²) in [4.78, 5) is 16.1. The van der Waals surface area contributed by atoms with E-state index in [9.17, 15) is 4.79 Å². The Kier molecular flexibility index (Phi) is 3.83. The minimum atomic E-state index is -0.188. The van der Waals surface area contributed by atoms with Gasteiger partial charge >= 0.3 is 0 Å². The molecule has 130 valence electrons. The first-order valence-electron chi connectivity index (χ1n) is 8.18. The number of nitrogens with one attached hydrogen (secondary N) is 1. The van der Waals surface area contributed by atoms with Crippen molar-refractivity contribution in [2.75, 3.05) is 0 Å². The van der Waals surface area contributed by atoms with Crippen LogP contribution in [0.2, 0.25) is 0 Å². The maximum atomic E-state index is 12.1. The van der Waals surface area contributed by atoms with E-state index in [2.05, 4.69) is 25.6 Å². The zero-order chi connectivity index (χ0) is 17.4. The van der Waals surface area contributed by atoms with Gasteiger partial charge in [-0.2, -0.15) is 5.10 Å². The molecule has 3 heterocycles. The van der Waals surface area contributed by atoms with Gasteiger partial charge in [-0.1, -0.05) is 0 Å². The number of aryl methyl sites for hydroxylation is 1. The van der Waals surface area contributed by atoms with Gasteiger partial charge in [0.15, 0.2) is 17.9 Å². The first-order valence-corrected chi connectivity index (χ1v) is 8.18. The van der Waals surface area contributed by atoms with Crippen LogP contribution in [0.3, 0.4) is 0 Å². The van der Waals surface area contributed by atoms with Crippen LogP contribution in [0.15, 0.2) is 29.3 Å². The topological polar surface area (TPSA) is 104 Å². The summed E-state index contributed by atoms with van der Waals surface area (Å²) in [6.45, 7) is 2.32. The van der Waals surface area contributed by atoms with Crippen molar-refractivity contribution in [3.8, 4) is 0 Å². The van der Waals surface area contributed by atoms with Crippen molar-refractivity contribution in [3.63, 3.8) is 0 Å². The molecule has 1 aliphatic rings. The molecular weight excluding hydrogens is 322 g/mol. The van der Waals surface area contributed by atoms with Crippen molar-refractivity contribution >= 4 is 5.91 Å². The van der Waals surface area contributed by atoms with Crippen molar-refractivity contribution in [3.05, 3.63) is 48.0 Å². The Morgan fingerprint density at radius 2 is 2.24 bits per heavy atom. The number of amides is 1. The molecule has 4 rings (SSSR count). The van der Waals surface area contributed by atoms with Gasteiger partial charge in [0.1, 0.15) is 18.1 Å². The molecule has 25 heavy (non-hydrogen) atoms. The molecule has 3 aromatic heterocycles. The van der Waals surface area contributed by atoms with E-state index in [1.807, 2.05) is 28.6 Å². The van der Waals surface area contributed by atoms with E-state index in [0.29, 0.717) is 23.9 Å². The van der Waals surface area contributed by atoms with Crippen LogP contribution in [0.4, 0.5) is 0 Å². The minimum Gasteiger partial charge on any atom is -0.448 e. The number of oxazole rings is 1. The lowest BCUT2D eigenvalue weighted by Crippen LogP contribution is -2.44. The summed E-state index contributed by atoms with van der Waals surface area (Å²) in [6.07, 6.45) is 6.61. The Morgan fingerprint density at radius 1 is 1.40 bits per heavy atom. The Labute approximate surface area is 144 Å². The Balaban J connectivity index is 1.35. The monoisotopic (exact) mass is 341 g/mol. The highest BCUT2D eigenvalue weighted by Gasteiger charge is 2.35. The number of hydrogen-bond donors (Lipinski definition) is 1. The Bertz CT molecular complexity index is 874. The van der Waals surface area contributed by atoms with E-state index in [4.69, 9.17) is 4.42 Å². The van der Waals surface area contributed by atoms with Gasteiger partial charge in [-0.05, 0) is 25.8 Å². The van der Waals surface area contributed by atoms with Crippen molar-refractivity contribution in [2.24, 2.45) is 7.05 Å². The number of carbonyl (C=O) groups excluding carboxylic acids is 1. The molecule has 0 radical (unpaired) electrons. The lowest BCUT2D eigenvalue weighted by Gasteiger charge is -2.34. The van der Waals surface area contributed by atoms with Crippen molar-refractivity contribution < 1.29 is 9.21 Å². The normalized spacial score (nSPS) is 19.6. The molecule has 3 aromatic rings. The zero-order valence-electron chi connectivity index (χ0n) is 14.1. The van der Waals surface area contributed by atoms with E-state index in [0.717, 1.165) is 24.5 Å². The van der Waals surface area contributed by atoms with E-state index >= 15 is 0 Å². The van der Waals surface area contributed by atoms with Crippen molar-refractivity contribution in [1.82, 2.24) is 34.8 Å². The zero-order valence-corrected chi connectivity index (χ0v) is 14.1. The fraction of sp³-hybridized carbons (Fsp3) is 0.438.